The van der Waals surface area contributed by atoms with Gasteiger partial charge >= 0.3 is 0 Å². The molecule has 116 valence electrons. The quantitative estimate of drug-likeness (QED) is 0.732. The van der Waals surface area contributed by atoms with Gasteiger partial charge in [-0.3, -0.25) is 0 Å². The van der Waals surface area contributed by atoms with Gasteiger partial charge in [0.2, 0.25) is 5.95 Å². The Labute approximate surface area is 131 Å². The van der Waals surface area contributed by atoms with Crippen LogP contribution in [0.1, 0.15) is 24.8 Å². The van der Waals surface area contributed by atoms with E-state index in [0.717, 1.165) is 23.8 Å². The molecule has 1 aliphatic carbocycles. The third kappa shape index (κ3) is 4.43. The number of aromatic nitrogens is 2. The van der Waals surface area contributed by atoms with Crippen LogP contribution in [0.4, 0.5) is 17.5 Å². The van der Waals surface area contributed by atoms with E-state index in [2.05, 4.69) is 39.7 Å². The van der Waals surface area contributed by atoms with E-state index in [1.54, 1.807) is 6.20 Å². The van der Waals surface area contributed by atoms with Gasteiger partial charge in [-0.05, 0) is 43.0 Å². The summed E-state index contributed by atoms with van der Waals surface area (Å²) in [7, 11) is 0. The molecule has 2 aromatic rings. The second-order valence-electron chi connectivity index (χ2n) is 6.08. The van der Waals surface area contributed by atoms with Gasteiger partial charge in [0, 0.05) is 24.5 Å². The topological polar surface area (TPSA) is 75.9 Å². The fourth-order valence-electron chi connectivity index (χ4n) is 2.47. The largest absolute Gasteiger partial charge is 0.353 e. The number of rotatable bonds is 7. The van der Waals surface area contributed by atoms with Crippen molar-refractivity contribution in [2.45, 2.75) is 32.2 Å². The molecule has 1 aromatic carbocycles. The van der Waals surface area contributed by atoms with Gasteiger partial charge in [-0.1, -0.05) is 25.0 Å². The van der Waals surface area contributed by atoms with Crippen LogP contribution in [0.3, 0.4) is 0 Å². The van der Waals surface area contributed by atoms with E-state index in [9.17, 15) is 0 Å². The van der Waals surface area contributed by atoms with Gasteiger partial charge < -0.3 is 16.4 Å². The maximum atomic E-state index is 6.11. The lowest BCUT2D eigenvalue weighted by atomic mass is 10.1. The van der Waals surface area contributed by atoms with Gasteiger partial charge in [0.1, 0.15) is 5.82 Å². The van der Waals surface area contributed by atoms with E-state index < -0.39 is 0 Å². The molecule has 1 saturated carbocycles. The summed E-state index contributed by atoms with van der Waals surface area (Å²) in [5, 5.41) is 6.52. The minimum absolute atomic E-state index is 0.171. The summed E-state index contributed by atoms with van der Waals surface area (Å²) in [4.78, 5) is 8.72. The van der Waals surface area contributed by atoms with Crippen LogP contribution in [0.5, 0.6) is 0 Å². The average Bonchev–Trinajstić information content (AvgIpc) is 3.30. The number of nitrogens with one attached hydrogen (secondary N) is 2. The zero-order valence-corrected chi connectivity index (χ0v) is 12.9. The first-order chi connectivity index (χ1) is 10.7. The lowest BCUT2D eigenvalue weighted by molar-refractivity contribution is 0.588. The standard InChI is InChI=1S/C17H23N5/c1-12-3-2-4-15(9-12)21-16-7-8-19-17(22-16)20-11-14(18)10-13-5-6-13/h2-4,7-9,13-14H,5-6,10-11,18H2,1H3,(H2,19,20,21,22). The number of hydrogen-bond donors (Lipinski definition) is 3. The molecule has 5 heteroatoms. The second kappa shape index (κ2) is 6.75. The predicted octanol–water partition coefficient (Wildman–Crippen LogP) is 3.07. The zero-order chi connectivity index (χ0) is 15.4. The molecule has 22 heavy (non-hydrogen) atoms. The number of aryl methyl sites for hydroxylation is 1. The summed E-state index contributed by atoms with van der Waals surface area (Å²) < 4.78 is 0. The third-order valence-corrected chi connectivity index (χ3v) is 3.80. The van der Waals surface area contributed by atoms with E-state index in [0.29, 0.717) is 12.5 Å². The highest BCUT2D eigenvalue weighted by molar-refractivity contribution is 5.57. The monoisotopic (exact) mass is 297 g/mol. The number of nitrogens with zero attached hydrogens (tertiary/aromatic N) is 2. The van der Waals surface area contributed by atoms with E-state index >= 15 is 0 Å². The molecule has 1 heterocycles. The van der Waals surface area contributed by atoms with Gasteiger partial charge in [0.25, 0.3) is 0 Å². The Bertz CT molecular complexity index is 624. The molecule has 0 saturated heterocycles. The lowest BCUT2D eigenvalue weighted by Gasteiger charge is -2.13. The van der Waals surface area contributed by atoms with E-state index in [-0.39, 0.29) is 6.04 Å². The summed E-state index contributed by atoms with van der Waals surface area (Å²) in [6.45, 7) is 2.78. The first kappa shape index (κ1) is 14.8. The average molecular weight is 297 g/mol. The van der Waals surface area contributed by atoms with Crippen LogP contribution in [0.2, 0.25) is 0 Å². The molecule has 1 atom stereocenters. The molecule has 1 aliphatic rings. The molecule has 0 radical (unpaired) electrons. The van der Waals surface area contributed by atoms with Crippen LogP contribution >= 0.6 is 0 Å². The fourth-order valence-corrected chi connectivity index (χ4v) is 2.47. The molecular weight excluding hydrogens is 274 g/mol. The Hall–Kier alpha value is -2.14. The molecule has 5 nitrogen and oxygen atoms in total. The Morgan fingerprint density at radius 1 is 1.32 bits per heavy atom. The first-order valence-electron chi connectivity index (χ1n) is 7.85. The van der Waals surface area contributed by atoms with Gasteiger partial charge in [-0.15, -0.1) is 0 Å². The fraction of sp³-hybridized carbons (Fsp3) is 0.412. The number of anilines is 3. The van der Waals surface area contributed by atoms with E-state index in [1.807, 2.05) is 18.2 Å². The SMILES string of the molecule is Cc1cccc(Nc2ccnc(NCC(N)CC3CC3)n2)c1. The molecule has 1 fully saturated rings. The molecule has 4 N–H and O–H groups in total. The van der Waals surface area contributed by atoms with Crippen molar-refractivity contribution in [3.05, 3.63) is 42.1 Å². The van der Waals surface area contributed by atoms with Gasteiger partial charge in [-0.25, -0.2) is 4.98 Å². The maximum Gasteiger partial charge on any atom is 0.224 e. The lowest BCUT2D eigenvalue weighted by Crippen LogP contribution is -2.30. The van der Waals surface area contributed by atoms with E-state index in [1.165, 1.54) is 18.4 Å². The molecule has 0 bridgehead atoms. The molecule has 1 aromatic heterocycles. The van der Waals surface area contributed by atoms with Crippen LogP contribution < -0.4 is 16.4 Å². The van der Waals surface area contributed by atoms with Gasteiger partial charge in [-0.2, -0.15) is 4.98 Å². The van der Waals surface area contributed by atoms with E-state index in [4.69, 9.17) is 5.73 Å². The highest BCUT2D eigenvalue weighted by Gasteiger charge is 2.23. The summed E-state index contributed by atoms with van der Waals surface area (Å²) >= 11 is 0. The van der Waals surface area contributed by atoms with Crippen molar-refractivity contribution in [1.82, 2.24) is 9.97 Å². The predicted molar refractivity (Wildman–Crippen MR) is 90.3 cm³/mol. The summed E-state index contributed by atoms with van der Waals surface area (Å²) in [5.74, 6) is 2.23. The molecule has 0 spiro atoms. The summed E-state index contributed by atoms with van der Waals surface area (Å²) in [6.07, 6.45) is 5.51. The maximum absolute atomic E-state index is 6.11. The van der Waals surface area contributed by atoms with Crippen molar-refractivity contribution in [3.63, 3.8) is 0 Å². The van der Waals surface area contributed by atoms with Gasteiger partial charge in [0.05, 0.1) is 0 Å². The zero-order valence-electron chi connectivity index (χ0n) is 12.9. The second-order valence-corrected chi connectivity index (χ2v) is 6.08. The Balaban J connectivity index is 1.57. The Kier molecular flexibility index (Phi) is 4.53. The van der Waals surface area contributed by atoms with Crippen molar-refractivity contribution < 1.29 is 0 Å². The minimum atomic E-state index is 0.171. The van der Waals surface area contributed by atoms with Crippen molar-refractivity contribution in [2.24, 2.45) is 11.7 Å². The van der Waals surface area contributed by atoms with Crippen molar-refractivity contribution in [1.29, 1.82) is 0 Å². The van der Waals surface area contributed by atoms with Crippen molar-refractivity contribution >= 4 is 17.5 Å². The Morgan fingerprint density at radius 2 is 2.18 bits per heavy atom. The normalized spacial score (nSPS) is 15.4. The van der Waals surface area contributed by atoms with Crippen LogP contribution in [-0.2, 0) is 0 Å². The number of hydrogen-bond acceptors (Lipinski definition) is 5. The molecule has 3 rings (SSSR count). The summed E-state index contributed by atoms with van der Waals surface area (Å²) in [6, 6.07) is 10.2. The smallest absolute Gasteiger partial charge is 0.224 e. The van der Waals surface area contributed by atoms with Crippen LogP contribution in [0.25, 0.3) is 0 Å². The van der Waals surface area contributed by atoms with Gasteiger partial charge in [0.15, 0.2) is 0 Å². The highest BCUT2D eigenvalue weighted by atomic mass is 15.1. The number of benzene rings is 1. The Morgan fingerprint density at radius 3 is 2.95 bits per heavy atom. The molecule has 1 unspecified atom stereocenters. The third-order valence-electron chi connectivity index (χ3n) is 3.80. The van der Waals surface area contributed by atoms with Crippen LogP contribution in [0, 0.1) is 12.8 Å². The van der Waals surface area contributed by atoms with Crippen molar-refractivity contribution in [3.8, 4) is 0 Å². The molecule has 0 amide bonds. The van der Waals surface area contributed by atoms with Crippen LogP contribution in [-0.4, -0.2) is 22.6 Å². The van der Waals surface area contributed by atoms with Crippen LogP contribution in [0.15, 0.2) is 36.5 Å². The molecule has 0 aliphatic heterocycles. The first-order valence-corrected chi connectivity index (χ1v) is 7.85. The summed E-state index contributed by atoms with van der Waals surface area (Å²) in [5.41, 5.74) is 8.34. The number of nitrogens with two attached hydrogens (primary N) is 1. The van der Waals surface area contributed by atoms with Crippen molar-refractivity contribution in [2.75, 3.05) is 17.2 Å². The highest BCUT2D eigenvalue weighted by Crippen LogP contribution is 2.33. The molecular formula is C17H23N5. The minimum Gasteiger partial charge on any atom is -0.353 e.